The van der Waals surface area contributed by atoms with Crippen LogP contribution in [-0.4, -0.2) is 5.11 Å². The summed E-state index contributed by atoms with van der Waals surface area (Å²) in [7, 11) is 0. The Labute approximate surface area is 107 Å². The fourth-order valence-corrected chi connectivity index (χ4v) is 1.86. The first-order chi connectivity index (χ1) is 8.69. The number of rotatable bonds is 4. The number of nitrogens with two attached hydrogens (primary N) is 1. The molecule has 2 rings (SSSR count). The van der Waals surface area contributed by atoms with E-state index in [2.05, 4.69) is 5.32 Å². The van der Waals surface area contributed by atoms with Crippen molar-refractivity contribution in [1.29, 1.82) is 0 Å². The molecule has 0 spiro atoms. The van der Waals surface area contributed by atoms with Crippen molar-refractivity contribution < 1.29 is 5.11 Å². The lowest BCUT2D eigenvalue weighted by atomic mass is 10.1. The number of benzene rings is 2. The summed E-state index contributed by atoms with van der Waals surface area (Å²) in [4.78, 5) is 0. The molecule has 0 bridgehead atoms. The Morgan fingerprint density at radius 2 is 1.94 bits per heavy atom. The molecule has 18 heavy (non-hydrogen) atoms. The number of aliphatic hydroxyl groups is 1. The molecule has 0 saturated carbocycles. The summed E-state index contributed by atoms with van der Waals surface area (Å²) in [6.45, 7) is 2.83. The molecular weight excluding hydrogens is 224 g/mol. The second-order valence-electron chi connectivity index (χ2n) is 4.41. The summed E-state index contributed by atoms with van der Waals surface area (Å²) >= 11 is 0. The van der Waals surface area contributed by atoms with E-state index < -0.39 is 0 Å². The summed E-state index contributed by atoms with van der Waals surface area (Å²) < 4.78 is 0. The standard InChI is InChI=1S/C15H18N2O/c1-11-5-6-13(10-18)8-15(11)17-9-12-3-2-4-14(16)7-12/h2-8,17-18H,9-10,16H2,1H3. The zero-order valence-corrected chi connectivity index (χ0v) is 10.5. The van der Waals surface area contributed by atoms with Crippen LogP contribution < -0.4 is 11.1 Å². The Kier molecular flexibility index (Phi) is 3.85. The molecule has 0 amide bonds. The highest BCUT2D eigenvalue weighted by molar-refractivity contribution is 5.53. The molecule has 0 aromatic heterocycles. The topological polar surface area (TPSA) is 58.3 Å². The van der Waals surface area contributed by atoms with E-state index in [4.69, 9.17) is 10.8 Å². The van der Waals surface area contributed by atoms with Gasteiger partial charge < -0.3 is 16.2 Å². The highest BCUT2D eigenvalue weighted by atomic mass is 16.3. The molecule has 0 aliphatic heterocycles. The molecule has 0 atom stereocenters. The fourth-order valence-electron chi connectivity index (χ4n) is 1.86. The molecule has 0 fully saturated rings. The Bertz CT molecular complexity index is 538. The van der Waals surface area contributed by atoms with Crippen LogP contribution in [0.1, 0.15) is 16.7 Å². The predicted octanol–water partition coefficient (Wildman–Crippen LogP) is 2.68. The van der Waals surface area contributed by atoms with Gasteiger partial charge in [0, 0.05) is 17.9 Å². The predicted molar refractivity (Wildman–Crippen MR) is 75.3 cm³/mol. The lowest BCUT2D eigenvalue weighted by Gasteiger charge is -2.11. The highest BCUT2D eigenvalue weighted by Crippen LogP contribution is 2.18. The molecule has 0 aliphatic rings. The van der Waals surface area contributed by atoms with Gasteiger partial charge in [0.15, 0.2) is 0 Å². The van der Waals surface area contributed by atoms with Crippen LogP contribution in [0.25, 0.3) is 0 Å². The van der Waals surface area contributed by atoms with Gasteiger partial charge >= 0.3 is 0 Å². The number of aliphatic hydroxyl groups excluding tert-OH is 1. The second-order valence-corrected chi connectivity index (χ2v) is 4.41. The first kappa shape index (κ1) is 12.5. The van der Waals surface area contributed by atoms with E-state index in [9.17, 15) is 0 Å². The number of hydrogen-bond acceptors (Lipinski definition) is 3. The van der Waals surface area contributed by atoms with Gasteiger partial charge in [-0.25, -0.2) is 0 Å². The molecule has 0 heterocycles. The van der Waals surface area contributed by atoms with Gasteiger partial charge in [-0.05, 0) is 41.8 Å². The third kappa shape index (κ3) is 3.02. The maximum Gasteiger partial charge on any atom is 0.0682 e. The summed E-state index contributed by atoms with van der Waals surface area (Å²) in [6.07, 6.45) is 0. The van der Waals surface area contributed by atoms with Crippen LogP contribution in [0.2, 0.25) is 0 Å². The van der Waals surface area contributed by atoms with Crippen molar-refractivity contribution in [2.45, 2.75) is 20.1 Å². The lowest BCUT2D eigenvalue weighted by Crippen LogP contribution is -2.02. The molecule has 0 radical (unpaired) electrons. The van der Waals surface area contributed by atoms with Gasteiger partial charge in [0.1, 0.15) is 0 Å². The minimum atomic E-state index is 0.0627. The first-order valence-electron chi connectivity index (χ1n) is 5.97. The van der Waals surface area contributed by atoms with E-state index in [-0.39, 0.29) is 6.61 Å². The molecule has 2 aromatic rings. The number of anilines is 2. The van der Waals surface area contributed by atoms with Gasteiger partial charge in [-0.1, -0.05) is 24.3 Å². The summed E-state index contributed by atoms with van der Waals surface area (Å²) in [5.41, 5.74) is 10.8. The normalized spacial score (nSPS) is 10.3. The van der Waals surface area contributed by atoms with Crippen molar-refractivity contribution in [3.05, 3.63) is 59.2 Å². The summed E-state index contributed by atoms with van der Waals surface area (Å²) in [5.74, 6) is 0. The maximum absolute atomic E-state index is 9.13. The third-order valence-corrected chi connectivity index (χ3v) is 2.92. The Morgan fingerprint density at radius 1 is 1.11 bits per heavy atom. The van der Waals surface area contributed by atoms with E-state index >= 15 is 0 Å². The van der Waals surface area contributed by atoms with Crippen molar-refractivity contribution in [3.8, 4) is 0 Å². The van der Waals surface area contributed by atoms with E-state index in [1.54, 1.807) is 0 Å². The Balaban J connectivity index is 2.10. The quantitative estimate of drug-likeness (QED) is 0.722. The van der Waals surface area contributed by atoms with Crippen molar-refractivity contribution in [2.24, 2.45) is 0 Å². The molecule has 4 N–H and O–H groups in total. The molecule has 0 saturated heterocycles. The number of nitrogen functional groups attached to an aromatic ring is 1. The zero-order chi connectivity index (χ0) is 13.0. The Hall–Kier alpha value is -2.00. The summed E-state index contributed by atoms with van der Waals surface area (Å²) in [5, 5.41) is 12.5. The lowest BCUT2D eigenvalue weighted by molar-refractivity contribution is 0.282. The highest BCUT2D eigenvalue weighted by Gasteiger charge is 2.00. The van der Waals surface area contributed by atoms with Crippen molar-refractivity contribution in [2.75, 3.05) is 11.1 Å². The molecule has 94 valence electrons. The molecule has 0 aliphatic carbocycles. The van der Waals surface area contributed by atoms with Gasteiger partial charge in [0.2, 0.25) is 0 Å². The van der Waals surface area contributed by atoms with Crippen molar-refractivity contribution in [1.82, 2.24) is 0 Å². The van der Waals surface area contributed by atoms with Crippen LogP contribution in [0.3, 0.4) is 0 Å². The molecule has 3 heteroatoms. The fraction of sp³-hybridized carbons (Fsp3) is 0.200. The monoisotopic (exact) mass is 242 g/mol. The number of nitrogens with one attached hydrogen (secondary N) is 1. The van der Waals surface area contributed by atoms with Crippen LogP contribution in [0.15, 0.2) is 42.5 Å². The summed E-state index contributed by atoms with van der Waals surface area (Å²) in [6, 6.07) is 13.7. The average Bonchev–Trinajstić information content (AvgIpc) is 2.38. The van der Waals surface area contributed by atoms with E-state index in [0.717, 1.165) is 34.6 Å². The maximum atomic E-state index is 9.13. The van der Waals surface area contributed by atoms with Gasteiger partial charge in [-0.3, -0.25) is 0 Å². The smallest absolute Gasteiger partial charge is 0.0682 e. The van der Waals surface area contributed by atoms with E-state index in [1.807, 2.05) is 49.4 Å². The van der Waals surface area contributed by atoms with Crippen LogP contribution in [0, 0.1) is 6.92 Å². The number of aryl methyl sites for hydroxylation is 1. The van der Waals surface area contributed by atoms with Crippen molar-refractivity contribution in [3.63, 3.8) is 0 Å². The van der Waals surface area contributed by atoms with Gasteiger partial charge in [-0.15, -0.1) is 0 Å². The number of hydrogen-bond donors (Lipinski definition) is 3. The average molecular weight is 242 g/mol. The zero-order valence-electron chi connectivity index (χ0n) is 10.5. The van der Waals surface area contributed by atoms with Crippen LogP contribution in [-0.2, 0) is 13.2 Å². The molecular formula is C15H18N2O. The van der Waals surface area contributed by atoms with Gasteiger partial charge in [0.25, 0.3) is 0 Å². The first-order valence-corrected chi connectivity index (χ1v) is 5.97. The minimum Gasteiger partial charge on any atom is -0.399 e. The molecule has 0 unspecified atom stereocenters. The third-order valence-electron chi connectivity index (χ3n) is 2.92. The largest absolute Gasteiger partial charge is 0.399 e. The van der Waals surface area contributed by atoms with Crippen LogP contribution in [0.4, 0.5) is 11.4 Å². The molecule has 2 aromatic carbocycles. The SMILES string of the molecule is Cc1ccc(CO)cc1NCc1cccc(N)c1. The van der Waals surface area contributed by atoms with E-state index in [1.165, 1.54) is 0 Å². The van der Waals surface area contributed by atoms with Gasteiger partial charge in [0.05, 0.1) is 6.61 Å². The van der Waals surface area contributed by atoms with E-state index in [0.29, 0.717) is 0 Å². The van der Waals surface area contributed by atoms with Gasteiger partial charge in [-0.2, -0.15) is 0 Å². The van der Waals surface area contributed by atoms with Crippen molar-refractivity contribution >= 4 is 11.4 Å². The minimum absolute atomic E-state index is 0.0627. The van der Waals surface area contributed by atoms with Crippen LogP contribution >= 0.6 is 0 Å². The Morgan fingerprint density at radius 3 is 2.67 bits per heavy atom. The molecule has 3 nitrogen and oxygen atoms in total. The van der Waals surface area contributed by atoms with Crippen LogP contribution in [0.5, 0.6) is 0 Å². The second kappa shape index (κ2) is 5.56.